The second kappa shape index (κ2) is 10.5. The number of amides is 1. The zero-order valence-corrected chi connectivity index (χ0v) is 21.7. The third kappa shape index (κ3) is 5.40. The number of nitrogens with zero attached hydrogens (tertiary/aromatic N) is 2. The molecule has 10 heteroatoms. The molecule has 2 aromatic heterocycles. The second-order valence-electron chi connectivity index (χ2n) is 8.46. The molecule has 0 aliphatic rings. The van der Waals surface area contributed by atoms with Gasteiger partial charge in [0.15, 0.2) is 5.13 Å². The second-order valence-corrected chi connectivity index (χ2v) is 11.1. The Balaban J connectivity index is 1.21. The topological polar surface area (TPSA) is 113 Å². The van der Waals surface area contributed by atoms with Crippen LogP contribution in [0.5, 0.6) is 0 Å². The Labute approximate surface area is 218 Å². The highest BCUT2D eigenvalue weighted by Crippen LogP contribution is 2.28. The van der Waals surface area contributed by atoms with Gasteiger partial charge in [0.25, 0.3) is 15.9 Å². The molecule has 5 aromatic rings. The number of hydrogen-bond acceptors (Lipinski definition) is 7. The quantitative estimate of drug-likeness (QED) is 0.226. The van der Waals surface area contributed by atoms with Crippen molar-refractivity contribution in [2.75, 3.05) is 23.1 Å². The van der Waals surface area contributed by atoms with Crippen molar-refractivity contribution in [2.24, 2.45) is 0 Å². The van der Waals surface area contributed by atoms with Crippen molar-refractivity contribution in [3.8, 4) is 0 Å². The van der Waals surface area contributed by atoms with Crippen molar-refractivity contribution in [3.05, 3.63) is 90.1 Å². The standard InChI is InChI=1S/C27H25N5O3S2/c1-18-8-4-13-22-24(18)31-27(36-22)30-17-7-16-29-26(33)20-11-2-3-12-21(20)32-37(34,35)23-14-5-9-19-10-6-15-28-25(19)23/h2-6,8-15,32H,7,16-17H2,1H3,(H,29,33)(H,30,31). The van der Waals surface area contributed by atoms with E-state index in [9.17, 15) is 13.2 Å². The summed E-state index contributed by atoms with van der Waals surface area (Å²) in [4.78, 5) is 21.8. The minimum Gasteiger partial charge on any atom is -0.361 e. The summed E-state index contributed by atoms with van der Waals surface area (Å²) in [5.74, 6) is -0.357. The minimum absolute atomic E-state index is 0.0527. The molecule has 1 amide bonds. The molecule has 0 saturated carbocycles. The summed E-state index contributed by atoms with van der Waals surface area (Å²) in [6.45, 7) is 3.10. The molecule has 3 aromatic carbocycles. The Morgan fingerprint density at radius 1 is 0.919 bits per heavy atom. The number of hydrogen-bond donors (Lipinski definition) is 3. The van der Waals surface area contributed by atoms with Crippen molar-refractivity contribution < 1.29 is 13.2 Å². The molecule has 0 spiro atoms. The predicted molar refractivity (Wildman–Crippen MR) is 149 cm³/mol. The van der Waals surface area contributed by atoms with Gasteiger partial charge in [0, 0.05) is 24.7 Å². The number of sulfonamides is 1. The van der Waals surface area contributed by atoms with Crippen LogP contribution in [0.4, 0.5) is 10.8 Å². The number of aryl methyl sites for hydroxylation is 1. The van der Waals surface area contributed by atoms with Gasteiger partial charge < -0.3 is 10.6 Å². The number of para-hydroxylation sites is 3. The lowest BCUT2D eigenvalue weighted by Gasteiger charge is -2.14. The molecular formula is C27H25N5O3S2. The van der Waals surface area contributed by atoms with Crippen LogP contribution in [0, 0.1) is 6.92 Å². The fraction of sp³-hybridized carbons (Fsp3) is 0.148. The van der Waals surface area contributed by atoms with Gasteiger partial charge in [-0.05, 0) is 49.2 Å². The van der Waals surface area contributed by atoms with Crippen molar-refractivity contribution in [3.63, 3.8) is 0 Å². The van der Waals surface area contributed by atoms with Gasteiger partial charge in [-0.3, -0.25) is 14.5 Å². The van der Waals surface area contributed by atoms with E-state index in [-0.39, 0.29) is 22.1 Å². The lowest BCUT2D eigenvalue weighted by atomic mass is 10.1. The molecule has 0 aliphatic heterocycles. The number of benzene rings is 3. The van der Waals surface area contributed by atoms with E-state index in [0.29, 0.717) is 30.4 Å². The van der Waals surface area contributed by atoms with Gasteiger partial charge >= 0.3 is 0 Å². The third-order valence-electron chi connectivity index (χ3n) is 5.84. The molecule has 188 valence electrons. The SMILES string of the molecule is Cc1cccc2sc(NCCCNC(=O)c3ccccc3NS(=O)(=O)c3cccc4cccnc34)nc12. The maximum atomic E-state index is 13.2. The van der Waals surface area contributed by atoms with Gasteiger partial charge in [-0.2, -0.15) is 0 Å². The van der Waals surface area contributed by atoms with E-state index in [4.69, 9.17) is 0 Å². The molecular weight excluding hydrogens is 506 g/mol. The highest BCUT2D eigenvalue weighted by atomic mass is 32.2. The van der Waals surface area contributed by atoms with Crippen molar-refractivity contribution >= 4 is 59.2 Å². The molecule has 0 saturated heterocycles. The molecule has 0 atom stereocenters. The van der Waals surface area contributed by atoms with Crippen LogP contribution in [-0.4, -0.2) is 37.4 Å². The summed E-state index contributed by atoms with van der Waals surface area (Å²) < 4.78 is 30.1. The van der Waals surface area contributed by atoms with Gasteiger partial charge in [0.05, 0.1) is 27.0 Å². The van der Waals surface area contributed by atoms with Crippen LogP contribution in [0.3, 0.4) is 0 Å². The van der Waals surface area contributed by atoms with Crippen LogP contribution >= 0.6 is 11.3 Å². The summed E-state index contributed by atoms with van der Waals surface area (Å²) in [5, 5.41) is 7.74. The highest BCUT2D eigenvalue weighted by Gasteiger charge is 2.21. The number of nitrogens with one attached hydrogen (secondary N) is 3. The zero-order valence-electron chi connectivity index (χ0n) is 20.1. The first-order valence-corrected chi connectivity index (χ1v) is 14.1. The summed E-state index contributed by atoms with van der Waals surface area (Å²) in [5.41, 5.74) is 2.96. The number of carbonyl (C=O) groups is 1. The number of aromatic nitrogens is 2. The average Bonchev–Trinajstić information content (AvgIpc) is 3.32. The van der Waals surface area contributed by atoms with Gasteiger partial charge in [-0.25, -0.2) is 13.4 Å². The molecule has 8 nitrogen and oxygen atoms in total. The first-order chi connectivity index (χ1) is 17.9. The molecule has 5 rings (SSSR count). The molecule has 37 heavy (non-hydrogen) atoms. The van der Waals surface area contributed by atoms with Crippen molar-refractivity contribution in [1.82, 2.24) is 15.3 Å². The molecule has 2 heterocycles. The first kappa shape index (κ1) is 24.7. The first-order valence-electron chi connectivity index (χ1n) is 11.8. The van der Waals surface area contributed by atoms with E-state index < -0.39 is 10.0 Å². The van der Waals surface area contributed by atoms with E-state index in [1.165, 1.54) is 6.07 Å². The zero-order chi connectivity index (χ0) is 25.8. The largest absolute Gasteiger partial charge is 0.361 e. The van der Waals surface area contributed by atoms with Crippen LogP contribution in [0.2, 0.25) is 0 Å². The van der Waals surface area contributed by atoms with Crippen LogP contribution in [-0.2, 0) is 10.0 Å². The lowest BCUT2D eigenvalue weighted by molar-refractivity contribution is 0.0954. The molecule has 3 N–H and O–H groups in total. The molecule has 0 radical (unpaired) electrons. The predicted octanol–water partition coefficient (Wildman–Crippen LogP) is 5.19. The maximum absolute atomic E-state index is 13.2. The molecule has 0 bridgehead atoms. The van der Waals surface area contributed by atoms with Crippen LogP contribution in [0.1, 0.15) is 22.3 Å². The Kier molecular flexibility index (Phi) is 7.02. The summed E-state index contributed by atoms with van der Waals surface area (Å²) in [6.07, 6.45) is 2.23. The van der Waals surface area contributed by atoms with Crippen LogP contribution in [0.15, 0.2) is 83.9 Å². The van der Waals surface area contributed by atoms with E-state index in [1.807, 2.05) is 25.1 Å². The molecule has 0 aliphatic carbocycles. The smallest absolute Gasteiger partial charge is 0.264 e. The average molecular weight is 532 g/mol. The fourth-order valence-corrected chi connectivity index (χ4v) is 6.24. The Hall–Kier alpha value is -4.02. The van der Waals surface area contributed by atoms with Gasteiger partial charge in [-0.15, -0.1) is 0 Å². The normalized spacial score (nSPS) is 11.5. The van der Waals surface area contributed by atoms with Gasteiger partial charge in [0.1, 0.15) is 4.90 Å². The van der Waals surface area contributed by atoms with E-state index in [0.717, 1.165) is 20.9 Å². The van der Waals surface area contributed by atoms with Crippen molar-refractivity contribution in [2.45, 2.75) is 18.2 Å². The summed E-state index contributed by atoms with van der Waals surface area (Å²) >= 11 is 1.60. The summed E-state index contributed by atoms with van der Waals surface area (Å²) in [7, 11) is -3.98. The fourth-order valence-electron chi connectivity index (χ4n) is 4.01. The lowest BCUT2D eigenvalue weighted by Crippen LogP contribution is -2.27. The van der Waals surface area contributed by atoms with Gasteiger partial charge in [0.2, 0.25) is 0 Å². The number of rotatable bonds is 9. The number of anilines is 2. The van der Waals surface area contributed by atoms with E-state index in [2.05, 4.69) is 25.3 Å². The monoisotopic (exact) mass is 531 g/mol. The molecule has 0 fully saturated rings. The van der Waals surface area contributed by atoms with Gasteiger partial charge in [-0.1, -0.05) is 53.8 Å². The number of carbonyl (C=O) groups excluding carboxylic acids is 1. The number of fused-ring (bicyclic) bond motifs is 2. The minimum atomic E-state index is -3.98. The van der Waals surface area contributed by atoms with Crippen molar-refractivity contribution in [1.29, 1.82) is 0 Å². The number of thiazole rings is 1. The summed E-state index contributed by atoms with van der Waals surface area (Å²) in [6, 6.07) is 21.2. The highest BCUT2D eigenvalue weighted by molar-refractivity contribution is 7.93. The molecule has 0 unspecified atom stereocenters. The Morgan fingerprint density at radius 3 is 2.59 bits per heavy atom. The Bertz CT molecular complexity index is 1690. The maximum Gasteiger partial charge on any atom is 0.264 e. The Morgan fingerprint density at radius 2 is 1.73 bits per heavy atom. The van der Waals surface area contributed by atoms with E-state index in [1.54, 1.807) is 66.1 Å². The number of pyridine rings is 1. The third-order valence-corrected chi connectivity index (χ3v) is 8.21. The van der Waals surface area contributed by atoms with Crippen LogP contribution < -0.4 is 15.4 Å². The van der Waals surface area contributed by atoms with Crippen LogP contribution in [0.25, 0.3) is 21.1 Å². The van der Waals surface area contributed by atoms with E-state index >= 15 is 0 Å².